The molecule has 0 radical (unpaired) electrons. The normalized spacial score (nSPS) is 16.7. The largest absolute Gasteiger partial charge is 0.487 e. The summed E-state index contributed by atoms with van der Waals surface area (Å²) in [6.07, 6.45) is 2.38. The summed E-state index contributed by atoms with van der Waals surface area (Å²) in [4.78, 5) is 12.9. The van der Waals surface area contributed by atoms with Gasteiger partial charge in [0.15, 0.2) is 5.75 Å². The monoisotopic (exact) mass is 293 g/mol. The average molecular weight is 293 g/mol. The molecule has 0 bridgehead atoms. The predicted molar refractivity (Wildman–Crippen MR) is 83.0 cm³/mol. The molecule has 0 spiro atoms. The van der Waals surface area contributed by atoms with Gasteiger partial charge in [0, 0.05) is 24.4 Å². The summed E-state index contributed by atoms with van der Waals surface area (Å²) in [6.45, 7) is 5.41. The summed E-state index contributed by atoms with van der Waals surface area (Å²) >= 11 is 0. The van der Waals surface area contributed by atoms with Crippen LogP contribution in [0, 0.1) is 16.0 Å². The lowest BCUT2D eigenvalue weighted by molar-refractivity contribution is -0.385. The van der Waals surface area contributed by atoms with Crippen molar-refractivity contribution >= 4 is 11.4 Å². The number of rotatable bonds is 6. The summed E-state index contributed by atoms with van der Waals surface area (Å²) < 4.78 is 5.36. The molecule has 1 saturated heterocycles. The van der Waals surface area contributed by atoms with Crippen LogP contribution < -0.4 is 10.1 Å². The lowest BCUT2D eigenvalue weighted by Crippen LogP contribution is -2.32. The highest BCUT2D eigenvalue weighted by Gasteiger charge is 2.18. The van der Waals surface area contributed by atoms with Crippen molar-refractivity contribution in [2.75, 3.05) is 38.6 Å². The fourth-order valence-corrected chi connectivity index (χ4v) is 2.57. The Labute approximate surface area is 125 Å². The Hall–Kier alpha value is -1.82. The molecule has 0 aromatic heterocycles. The van der Waals surface area contributed by atoms with Crippen molar-refractivity contribution in [2.24, 2.45) is 5.92 Å². The second-order valence-corrected chi connectivity index (χ2v) is 5.50. The van der Waals surface area contributed by atoms with E-state index in [9.17, 15) is 10.1 Å². The summed E-state index contributed by atoms with van der Waals surface area (Å²) in [5, 5.41) is 14.3. The van der Waals surface area contributed by atoms with Gasteiger partial charge >= 0.3 is 5.69 Å². The van der Waals surface area contributed by atoms with Gasteiger partial charge in [-0.25, -0.2) is 0 Å². The van der Waals surface area contributed by atoms with E-state index in [1.54, 1.807) is 12.1 Å². The number of nitro groups is 1. The maximum absolute atomic E-state index is 10.9. The van der Waals surface area contributed by atoms with Gasteiger partial charge in [0.2, 0.25) is 0 Å². The number of nitrogens with zero attached hydrogens (tertiary/aromatic N) is 2. The zero-order chi connectivity index (χ0) is 15.2. The predicted octanol–water partition coefficient (Wildman–Crippen LogP) is 2.75. The minimum Gasteiger partial charge on any atom is -0.487 e. The van der Waals surface area contributed by atoms with Gasteiger partial charge in [-0.1, -0.05) is 0 Å². The Balaban J connectivity index is 1.97. The minimum absolute atomic E-state index is 0.0155. The van der Waals surface area contributed by atoms with Crippen molar-refractivity contribution in [1.82, 2.24) is 4.90 Å². The third kappa shape index (κ3) is 4.32. The molecule has 1 aliphatic rings. The first-order valence-electron chi connectivity index (χ1n) is 7.43. The van der Waals surface area contributed by atoms with Gasteiger partial charge in [0.05, 0.1) is 11.5 Å². The molecule has 0 atom stereocenters. The third-order valence-corrected chi connectivity index (χ3v) is 3.89. The van der Waals surface area contributed by atoms with Gasteiger partial charge in [0.25, 0.3) is 0 Å². The molecule has 21 heavy (non-hydrogen) atoms. The number of anilines is 1. The van der Waals surface area contributed by atoms with Gasteiger partial charge in [-0.05, 0) is 51.9 Å². The highest BCUT2D eigenvalue weighted by atomic mass is 16.6. The molecule has 0 saturated carbocycles. The third-order valence-electron chi connectivity index (χ3n) is 3.89. The number of ether oxygens (including phenoxy) is 1. The molecular weight excluding hydrogens is 270 g/mol. The molecule has 0 aliphatic carbocycles. The maximum atomic E-state index is 10.9. The minimum atomic E-state index is -0.411. The van der Waals surface area contributed by atoms with Crippen LogP contribution >= 0.6 is 0 Å². The molecule has 1 aromatic carbocycles. The zero-order valence-corrected chi connectivity index (χ0v) is 12.7. The van der Waals surface area contributed by atoms with Gasteiger partial charge < -0.3 is 15.0 Å². The van der Waals surface area contributed by atoms with Crippen LogP contribution in [0.15, 0.2) is 18.2 Å². The van der Waals surface area contributed by atoms with Crippen LogP contribution in [0.1, 0.15) is 19.8 Å². The van der Waals surface area contributed by atoms with Gasteiger partial charge in [0.1, 0.15) is 0 Å². The number of nitro benzene ring substituents is 1. The Morgan fingerprint density at radius 2 is 2.14 bits per heavy atom. The van der Waals surface area contributed by atoms with Gasteiger partial charge in [-0.15, -0.1) is 0 Å². The van der Waals surface area contributed by atoms with Gasteiger partial charge in [-0.3, -0.25) is 10.1 Å². The van der Waals surface area contributed by atoms with E-state index < -0.39 is 4.92 Å². The standard InChI is InChI=1S/C15H23N3O3/c1-3-21-15-10-13(4-5-14(15)18(19)20)16-11-12-6-8-17(2)9-7-12/h4-5,10,12,16H,3,6-9,11H2,1-2H3. The van der Waals surface area contributed by atoms with Crippen molar-refractivity contribution < 1.29 is 9.66 Å². The Bertz CT molecular complexity index is 485. The molecule has 0 amide bonds. The molecule has 0 unspecified atom stereocenters. The van der Waals surface area contributed by atoms with Crippen molar-refractivity contribution in [3.63, 3.8) is 0 Å². The van der Waals surface area contributed by atoms with E-state index in [4.69, 9.17) is 4.74 Å². The van der Waals surface area contributed by atoms with E-state index in [1.807, 2.05) is 6.92 Å². The summed E-state index contributed by atoms with van der Waals surface area (Å²) in [7, 11) is 2.15. The fraction of sp³-hybridized carbons (Fsp3) is 0.600. The van der Waals surface area contributed by atoms with Crippen LogP contribution in [-0.2, 0) is 0 Å². The SMILES string of the molecule is CCOc1cc(NCC2CCN(C)CC2)ccc1[N+](=O)[O-]. The van der Waals surface area contributed by atoms with E-state index >= 15 is 0 Å². The highest BCUT2D eigenvalue weighted by molar-refractivity contribution is 5.58. The molecule has 6 nitrogen and oxygen atoms in total. The lowest BCUT2D eigenvalue weighted by atomic mass is 9.97. The second-order valence-electron chi connectivity index (χ2n) is 5.50. The van der Waals surface area contributed by atoms with Crippen LogP contribution in [0.2, 0.25) is 0 Å². The van der Waals surface area contributed by atoms with Crippen molar-refractivity contribution in [3.8, 4) is 5.75 Å². The molecular formula is C15H23N3O3. The highest BCUT2D eigenvalue weighted by Crippen LogP contribution is 2.30. The first-order chi connectivity index (χ1) is 10.1. The molecule has 116 valence electrons. The number of piperidine rings is 1. The summed E-state index contributed by atoms with van der Waals surface area (Å²) in [5.41, 5.74) is 0.893. The Morgan fingerprint density at radius 3 is 2.76 bits per heavy atom. The molecule has 1 aliphatic heterocycles. The molecule has 6 heteroatoms. The molecule has 1 heterocycles. The van der Waals surface area contributed by atoms with Crippen LogP contribution in [0.5, 0.6) is 5.75 Å². The average Bonchev–Trinajstić information content (AvgIpc) is 2.47. The maximum Gasteiger partial charge on any atom is 0.311 e. The van der Waals surface area contributed by atoms with Gasteiger partial charge in [-0.2, -0.15) is 0 Å². The van der Waals surface area contributed by atoms with E-state index in [0.29, 0.717) is 18.3 Å². The first kappa shape index (κ1) is 15.6. The first-order valence-corrected chi connectivity index (χ1v) is 7.43. The lowest BCUT2D eigenvalue weighted by Gasteiger charge is -2.29. The number of benzene rings is 1. The van der Waals surface area contributed by atoms with Crippen molar-refractivity contribution in [3.05, 3.63) is 28.3 Å². The molecule has 1 fully saturated rings. The smallest absolute Gasteiger partial charge is 0.311 e. The van der Waals surface area contributed by atoms with Crippen molar-refractivity contribution in [1.29, 1.82) is 0 Å². The quantitative estimate of drug-likeness (QED) is 0.645. The Kier molecular flexibility index (Phi) is 5.38. The van der Waals surface area contributed by atoms with Crippen LogP contribution in [-0.4, -0.2) is 43.1 Å². The zero-order valence-electron chi connectivity index (χ0n) is 12.7. The number of likely N-dealkylation sites (tertiary alicyclic amines) is 1. The molecule has 1 N–H and O–H groups in total. The number of hydrogen-bond acceptors (Lipinski definition) is 5. The van der Waals surface area contributed by atoms with E-state index in [0.717, 1.165) is 25.3 Å². The van der Waals surface area contributed by atoms with E-state index in [1.165, 1.54) is 18.9 Å². The summed E-state index contributed by atoms with van der Waals surface area (Å²) in [5.74, 6) is 0.989. The van der Waals surface area contributed by atoms with E-state index in [-0.39, 0.29) is 5.69 Å². The van der Waals surface area contributed by atoms with Crippen LogP contribution in [0.25, 0.3) is 0 Å². The van der Waals surface area contributed by atoms with E-state index in [2.05, 4.69) is 17.3 Å². The summed E-state index contributed by atoms with van der Waals surface area (Å²) in [6, 6.07) is 4.97. The van der Waals surface area contributed by atoms with Crippen molar-refractivity contribution in [2.45, 2.75) is 19.8 Å². The number of hydrogen-bond donors (Lipinski definition) is 1. The topological polar surface area (TPSA) is 67.6 Å². The molecule has 2 rings (SSSR count). The van der Waals surface area contributed by atoms with Crippen LogP contribution in [0.4, 0.5) is 11.4 Å². The fourth-order valence-electron chi connectivity index (χ4n) is 2.57. The second kappa shape index (κ2) is 7.26. The molecule has 1 aromatic rings. The van der Waals surface area contributed by atoms with Crippen LogP contribution in [0.3, 0.4) is 0 Å². The number of nitrogens with one attached hydrogen (secondary N) is 1. The Morgan fingerprint density at radius 1 is 1.43 bits per heavy atom.